The zero-order chi connectivity index (χ0) is 13.7. The van der Waals surface area contributed by atoms with Crippen LogP contribution in [0.15, 0.2) is 36.4 Å². The second kappa shape index (κ2) is 6.17. The van der Waals surface area contributed by atoms with Gasteiger partial charge >= 0.3 is 0 Å². The summed E-state index contributed by atoms with van der Waals surface area (Å²) in [5.74, 6) is 0.392. The number of nitrogens with zero attached hydrogens (tertiary/aromatic N) is 1. The van der Waals surface area contributed by atoms with E-state index in [4.69, 9.17) is 10.00 Å². The van der Waals surface area contributed by atoms with E-state index in [1.807, 2.05) is 18.2 Å². The van der Waals surface area contributed by atoms with Crippen LogP contribution in [0.1, 0.15) is 27.0 Å². The minimum atomic E-state index is -0.0579. The van der Waals surface area contributed by atoms with Crippen LogP contribution in [-0.2, 0) is 6.42 Å². The standard InChI is InChI=1S/C15H13NO2S/c1-2-12-7-8-15(19-12)13(17)10-18-14-6-4-3-5-11(14)9-16/h3-8H,2,10H2,1H3. The van der Waals surface area contributed by atoms with Crippen molar-refractivity contribution in [1.29, 1.82) is 5.26 Å². The van der Waals surface area contributed by atoms with Gasteiger partial charge in [0.15, 0.2) is 6.61 Å². The third kappa shape index (κ3) is 3.21. The smallest absolute Gasteiger partial charge is 0.210 e. The fourth-order valence-corrected chi connectivity index (χ4v) is 2.49. The van der Waals surface area contributed by atoms with Gasteiger partial charge in [-0.15, -0.1) is 11.3 Å². The molecule has 0 aliphatic rings. The average molecular weight is 271 g/mol. The lowest BCUT2D eigenvalue weighted by atomic mass is 10.2. The summed E-state index contributed by atoms with van der Waals surface area (Å²) in [4.78, 5) is 13.8. The van der Waals surface area contributed by atoms with E-state index < -0.39 is 0 Å². The second-order valence-electron chi connectivity index (χ2n) is 3.94. The molecular weight excluding hydrogens is 258 g/mol. The van der Waals surface area contributed by atoms with Gasteiger partial charge < -0.3 is 4.74 Å². The molecule has 0 saturated carbocycles. The van der Waals surface area contributed by atoms with Crippen LogP contribution in [0.25, 0.3) is 0 Å². The molecule has 4 heteroatoms. The molecule has 19 heavy (non-hydrogen) atoms. The van der Waals surface area contributed by atoms with Crippen LogP contribution in [0.5, 0.6) is 5.75 Å². The van der Waals surface area contributed by atoms with Crippen LogP contribution in [0.2, 0.25) is 0 Å². The number of hydrogen-bond acceptors (Lipinski definition) is 4. The molecule has 1 aromatic heterocycles. The number of carbonyl (C=O) groups excluding carboxylic acids is 1. The van der Waals surface area contributed by atoms with Gasteiger partial charge in [-0.2, -0.15) is 5.26 Å². The summed E-state index contributed by atoms with van der Waals surface area (Å²) in [6, 6.07) is 12.7. The molecule has 0 fully saturated rings. The van der Waals surface area contributed by atoms with Gasteiger partial charge in [-0.05, 0) is 30.7 Å². The number of hydrogen-bond donors (Lipinski definition) is 0. The van der Waals surface area contributed by atoms with Crippen LogP contribution < -0.4 is 4.74 Å². The lowest BCUT2D eigenvalue weighted by Crippen LogP contribution is -2.10. The van der Waals surface area contributed by atoms with Crippen LogP contribution in [0.3, 0.4) is 0 Å². The maximum absolute atomic E-state index is 11.9. The molecule has 96 valence electrons. The summed E-state index contributed by atoms with van der Waals surface area (Å²) in [6.07, 6.45) is 0.927. The number of benzene rings is 1. The number of rotatable bonds is 5. The monoisotopic (exact) mass is 271 g/mol. The van der Waals surface area contributed by atoms with E-state index in [0.29, 0.717) is 16.2 Å². The molecule has 2 rings (SSSR count). The Bertz CT molecular complexity index is 625. The summed E-state index contributed by atoms with van der Waals surface area (Å²) in [7, 11) is 0. The Morgan fingerprint density at radius 1 is 1.32 bits per heavy atom. The number of carbonyl (C=O) groups is 1. The molecule has 0 saturated heterocycles. The Labute approximate surface area is 116 Å². The molecule has 0 amide bonds. The molecule has 1 aromatic carbocycles. The third-order valence-corrected chi connectivity index (χ3v) is 3.92. The van der Waals surface area contributed by atoms with Gasteiger partial charge in [0.25, 0.3) is 0 Å². The first-order valence-corrected chi connectivity index (χ1v) is 6.80. The minimum Gasteiger partial charge on any atom is -0.484 e. The van der Waals surface area contributed by atoms with Crippen molar-refractivity contribution >= 4 is 17.1 Å². The van der Waals surface area contributed by atoms with E-state index in [1.165, 1.54) is 16.2 Å². The molecule has 0 bridgehead atoms. The van der Waals surface area contributed by atoms with Gasteiger partial charge in [0.05, 0.1) is 10.4 Å². The number of Topliss-reactive ketones (excluding diaryl/α,β-unsaturated/α-hetero) is 1. The number of aryl methyl sites for hydroxylation is 1. The van der Waals surface area contributed by atoms with Crippen molar-refractivity contribution in [3.05, 3.63) is 51.7 Å². The van der Waals surface area contributed by atoms with Gasteiger partial charge in [-0.25, -0.2) is 0 Å². The highest BCUT2D eigenvalue weighted by Crippen LogP contribution is 2.20. The Morgan fingerprint density at radius 3 is 2.79 bits per heavy atom. The Kier molecular flexibility index (Phi) is 4.32. The topological polar surface area (TPSA) is 50.1 Å². The molecular formula is C15H13NO2S. The SMILES string of the molecule is CCc1ccc(C(=O)COc2ccccc2C#N)s1. The number of ketones is 1. The molecule has 2 aromatic rings. The van der Waals surface area contributed by atoms with Crippen LogP contribution >= 0.6 is 11.3 Å². The number of thiophene rings is 1. The highest BCUT2D eigenvalue weighted by molar-refractivity contribution is 7.14. The van der Waals surface area contributed by atoms with Crippen molar-refractivity contribution in [1.82, 2.24) is 0 Å². The second-order valence-corrected chi connectivity index (χ2v) is 5.11. The van der Waals surface area contributed by atoms with E-state index in [9.17, 15) is 4.79 Å². The maximum Gasteiger partial charge on any atom is 0.210 e. The van der Waals surface area contributed by atoms with Gasteiger partial charge in [0, 0.05) is 4.88 Å². The molecule has 0 radical (unpaired) electrons. The van der Waals surface area contributed by atoms with Crippen molar-refractivity contribution in [3.8, 4) is 11.8 Å². The first-order chi connectivity index (χ1) is 9.24. The summed E-state index contributed by atoms with van der Waals surface area (Å²) in [5.41, 5.74) is 0.440. The van der Waals surface area contributed by atoms with E-state index in [0.717, 1.165) is 6.42 Å². The highest BCUT2D eigenvalue weighted by atomic mass is 32.1. The van der Waals surface area contributed by atoms with Crippen LogP contribution in [-0.4, -0.2) is 12.4 Å². The molecule has 3 nitrogen and oxygen atoms in total. The zero-order valence-electron chi connectivity index (χ0n) is 10.6. The average Bonchev–Trinajstić information content (AvgIpc) is 2.94. The predicted octanol–water partition coefficient (Wildman–Crippen LogP) is 3.44. The number of ether oxygens (including phenoxy) is 1. The van der Waals surface area contributed by atoms with E-state index in [2.05, 4.69) is 6.92 Å². The molecule has 0 aliphatic carbocycles. The predicted molar refractivity (Wildman–Crippen MR) is 74.7 cm³/mol. The fraction of sp³-hybridized carbons (Fsp3) is 0.200. The first-order valence-electron chi connectivity index (χ1n) is 5.98. The lowest BCUT2D eigenvalue weighted by Gasteiger charge is -2.05. The Balaban J connectivity index is 2.02. The quantitative estimate of drug-likeness (QED) is 0.783. The molecule has 1 heterocycles. The van der Waals surface area contributed by atoms with Crippen molar-refractivity contribution in [2.75, 3.05) is 6.61 Å². The number of nitriles is 1. The van der Waals surface area contributed by atoms with Gasteiger partial charge in [0.2, 0.25) is 5.78 Å². The fourth-order valence-electron chi connectivity index (χ4n) is 1.62. The van der Waals surface area contributed by atoms with Crippen LogP contribution in [0.4, 0.5) is 0 Å². The molecule has 0 spiro atoms. The van der Waals surface area contributed by atoms with Crippen molar-refractivity contribution in [2.45, 2.75) is 13.3 Å². The summed E-state index contributed by atoms with van der Waals surface area (Å²) >= 11 is 1.49. The van der Waals surface area contributed by atoms with E-state index >= 15 is 0 Å². The summed E-state index contributed by atoms with van der Waals surface area (Å²) in [5, 5.41) is 8.92. The van der Waals surface area contributed by atoms with E-state index in [1.54, 1.807) is 24.3 Å². The zero-order valence-corrected chi connectivity index (χ0v) is 11.4. The first kappa shape index (κ1) is 13.3. The normalized spacial score (nSPS) is 9.89. The number of para-hydroxylation sites is 1. The molecule has 0 aliphatic heterocycles. The van der Waals surface area contributed by atoms with Gasteiger partial charge in [0.1, 0.15) is 11.8 Å². The molecule has 0 N–H and O–H groups in total. The van der Waals surface area contributed by atoms with Gasteiger partial charge in [-0.3, -0.25) is 4.79 Å². The van der Waals surface area contributed by atoms with Crippen LogP contribution in [0, 0.1) is 11.3 Å². The van der Waals surface area contributed by atoms with Crippen molar-refractivity contribution < 1.29 is 9.53 Å². The molecule has 0 unspecified atom stereocenters. The Morgan fingerprint density at radius 2 is 2.11 bits per heavy atom. The lowest BCUT2D eigenvalue weighted by molar-refractivity contribution is 0.0925. The Hall–Kier alpha value is -2.12. The van der Waals surface area contributed by atoms with E-state index in [-0.39, 0.29) is 12.4 Å². The largest absolute Gasteiger partial charge is 0.484 e. The van der Waals surface area contributed by atoms with Crippen molar-refractivity contribution in [3.63, 3.8) is 0 Å². The highest BCUT2D eigenvalue weighted by Gasteiger charge is 2.11. The van der Waals surface area contributed by atoms with Gasteiger partial charge in [-0.1, -0.05) is 19.1 Å². The summed E-state index contributed by atoms with van der Waals surface area (Å²) < 4.78 is 5.42. The maximum atomic E-state index is 11.9. The molecule has 0 atom stereocenters. The minimum absolute atomic E-state index is 0.0393. The third-order valence-electron chi connectivity index (χ3n) is 2.65. The summed E-state index contributed by atoms with van der Waals surface area (Å²) in [6.45, 7) is 2.02. The van der Waals surface area contributed by atoms with Crippen molar-refractivity contribution in [2.24, 2.45) is 0 Å².